The van der Waals surface area contributed by atoms with E-state index >= 15 is 0 Å². The predicted octanol–water partition coefficient (Wildman–Crippen LogP) is 3.39. The monoisotopic (exact) mass is 273 g/mol. The third-order valence-corrected chi connectivity index (χ3v) is 4.33. The fraction of sp³-hybridized carbons (Fsp3) is 0.571. The van der Waals surface area contributed by atoms with Crippen molar-refractivity contribution in [3.05, 3.63) is 35.1 Å². The van der Waals surface area contributed by atoms with E-state index in [0.29, 0.717) is 29.4 Å². The molecule has 19 heavy (non-hydrogen) atoms. The maximum Gasteiger partial charge on any atom is 0.416 e. The molecule has 0 atom stereocenters. The van der Waals surface area contributed by atoms with Gasteiger partial charge >= 0.3 is 6.18 Å². The Morgan fingerprint density at radius 3 is 2.37 bits per heavy atom. The van der Waals surface area contributed by atoms with Gasteiger partial charge in [-0.15, -0.1) is 0 Å². The molecule has 0 bridgehead atoms. The molecule has 3 rings (SSSR count). The summed E-state index contributed by atoms with van der Waals surface area (Å²) in [5.74, 6) is -0.323. The fourth-order valence-corrected chi connectivity index (χ4v) is 3.28. The standard InChI is InChI=1S/C14H15F4N/c15-12-4-11(14(16,17)18)2-1-10(12)3-9-5-13(6-9)7-19-8-13/h1-2,4,9,19H,3,5-8H2. The molecule has 0 unspecified atom stereocenters. The number of halogens is 4. The second-order valence-electron chi connectivity index (χ2n) is 5.89. The number of alkyl halides is 3. The Morgan fingerprint density at radius 2 is 1.89 bits per heavy atom. The van der Waals surface area contributed by atoms with E-state index in [1.807, 2.05) is 0 Å². The molecule has 1 saturated carbocycles. The van der Waals surface area contributed by atoms with Crippen molar-refractivity contribution >= 4 is 0 Å². The van der Waals surface area contributed by atoms with Gasteiger partial charge in [-0.05, 0) is 48.3 Å². The summed E-state index contributed by atoms with van der Waals surface area (Å²) in [5.41, 5.74) is -0.102. The summed E-state index contributed by atoms with van der Waals surface area (Å²) in [5, 5.41) is 3.22. The number of benzene rings is 1. The minimum atomic E-state index is -4.47. The number of hydrogen-bond acceptors (Lipinski definition) is 1. The second-order valence-corrected chi connectivity index (χ2v) is 5.89. The molecule has 1 saturated heterocycles. The van der Waals surface area contributed by atoms with Gasteiger partial charge in [-0.2, -0.15) is 13.2 Å². The van der Waals surface area contributed by atoms with E-state index in [9.17, 15) is 17.6 Å². The first-order valence-electron chi connectivity index (χ1n) is 6.44. The van der Waals surface area contributed by atoms with E-state index in [2.05, 4.69) is 5.32 Å². The van der Waals surface area contributed by atoms with Gasteiger partial charge in [0, 0.05) is 13.1 Å². The summed E-state index contributed by atoms with van der Waals surface area (Å²) < 4.78 is 50.9. The molecule has 0 radical (unpaired) electrons. The average molecular weight is 273 g/mol. The van der Waals surface area contributed by atoms with Crippen molar-refractivity contribution in [2.75, 3.05) is 13.1 Å². The summed E-state index contributed by atoms with van der Waals surface area (Å²) in [7, 11) is 0. The van der Waals surface area contributed by atoms with Crippen LogP contribution in [0.3, 0.4) is 0 Å². The lowest BCUT2D eigenvalue weighted by molar-refractivity contribution is -0.137. The van der Waals surface area contributed by atoms with Crippen molar-refractivity contribution in [2.45, 2.75) is 25.4 Å². The fourth-order valence-electron chi connectivity index (χ4n) is 3.28. The number of rotatable bonds is 2. The average Bonchev–Trinajstić information content (AvgIpc) is 2.20. The maximum atomic E-state index is 13.7. The normalized spacial score (nSPS) is 22.1. The molecule has 1 spiro atoms. The van der Waals surface area contributed by atoms with Crippen LogP contribution in [0.4, 0.5) is 17.6 Å². The van der Waals surface area contributed by atoms with Crippen molar-refractivity contribution in [3.63, 3.8) is 0 Å². The zero-order valence-electron chi connectivity index (χ0n) is 10.4. The van der Waals surface area contributed by atoms with Gasteiger partial charge in [-0.1, -0.05) is 6.07 Å². The number of hydrogen-bond donors (Lipinski definition) is 1. The van der Waals surface area contributed by atoms with E-state index in [-0.39, 0.29) is 0 Å². The first-order valence-corrected chi connectivity index (χ1v) is 6.44. The minimum Gasteiger partial charge on any atom is -0.316 e. The van der Waals surface area contributed by atoms with Crippen molar-refractivity contribution in [1.82, 2.24) is 5.32 Å². The van der Waals surface area contributed by atoms with E-state index in [4.69, 9.17) is 0 Å². The molecule has 1 aromatic rings. The van der Waals surface area contributed by atoms with Crippen LogP contribution in [-0.4, -0.2) is 13.1 Å². The molecule has 2 aliphatic rings. The Kier molecular flexibility index (Phi) is 2.85. The number of nitrogens with one attached hydrogen (secondary N) is 1. The zero-order chi connectivity index (χ0) is 13.7. The van der Waals surface area contributed by atoms with Gasteiger partial charge in [0.05, 0.1) is 5.56 Å². The molecule has 1 N–H and O–H groups in total. The third-order valence-electron chi connectivity index (χ3n) is 4.33. The molecule has 1 aliphatic carbocycles. The first-order chi connectivity index (χ1) is 8.88. The van der Waals surface area contributed by atoms with Crippen LogP contribution in [0.5, 0.6) is 0 Å². The van der Waals surface area contributed by atoms with Gasteiger partial charge in [0.15, 0.2) is 0 Å². The van der Waals surface area contributed by atoms with Gasteiger partial charge in [0.2, 0.25) is 0 Å². The molecule has 0 aromatic heterocycles. The molecule has 5 heteroatoms. The lowest BCUT2D eigenvalue weighted by atomic mass is 9.57. The van der Waals surface area contributed by atoms with Crippen molar-refractivity contribution in [3.8, 4) is 0 Å². The van der Waals surface area contributed by atoms with Gasteiger partial charge in [0.1, 0.15) is 5.82 Å². The largest absolute Gasteiger partial charge is 0.416 e. The summed E-state index contributed by atoms with van der Waals surface area (Å²) in [6.45, 7) is 2.05. The zero-order valence-corrected chi connectivity index (χ0v) is 10.4. The summed E-state index contributed by atoms with van der Waals surface area (Å²) in [6.07, 6.45) is -1.82. The molecule has 0 amide bonds. The Morgan fingerprint density at radius 1 is 1.21 bits per heavy atom. The first kappa shape index (κ1) is 12.9. The highest BCUT2D eigenvalue weighted by Crippen LogP contribution is 2.49. The van der Waals surface area contributed by atoms with Gasteiger partial charge in [0.25, 0.3) is 0 Å². The van der Waals surface area contributed by atoms with Crippen LogP contribution >= 0.6 is 0 Å². The third kappa shape index (κ3) is 2.36. The van der Waals surface area contributed by atoms with Gasteiger partial charge in [-0.25, -0.2) is 4.39 Å². The Hall–Kier alpha value is -1.10. The van der Waals surface area contributed by atoms with Gasteiger partial charge in [-0.3, -0.25) is 0 Å². The van der Waals surface area contributed by atoms with Crippen LogP contribution in [0.2, 0.25) is 0 Å². The Balaban J connectivity index is 1.65. The quantitative estimate of drug-likeness (QED) is 0.814. The Bertz CT molecular complexity index is 483. The Labute approximate surface area is 109 Å². The molecule has 1 aliphatic heterocycles. The van der Waals surface area contributed by atoms with E-state index in [0.717, 1.165) is 32.0 Å². The van der Waals surface area contributed by atoms with Crippen LogP contribution in [0, 0.1) is 17.2 Å². The van der Waals surface area contributed by atoms with Crippen molar-refractivity contribution in [1.29, 1.82) is 0 Å². The lowest BCUT2D eigenvalue weighted by Crippen LogP contribution is -2.60. The van der Waals surface area contributed by atoms with Crippen molar-refractivity contribution < 1.29 is 17.6 Å². The van der Waals surface area contributed by atoms with Crippen molar-refractivity contribution in [2.24, 2.45) is 11.3 Å². The molecule has 104 valence electrons. The SMILES string of the molecule is Fc1cc(C(F)(F)F)ccc1CC1CC2(CNC2)C1. The highest BCUT2D eigenvalue weighted by molar-refractivity contribution is 5.27. The molecule has 2 fully saturated rings. The van der Waals surface area contributed by atoms with Crippen LogP contribution in [-0.2, 0) is 12.6 Å². The topological polar surface area (TPSA) is 12.0 Å². The van der Waals surface area contributed by atoms with Crippen LogP contribution in [0.25, 0.3) is 0 Å². The highest BCUT2D eigenvalue weighted by atomic mass is 19.4. The van der Waals surface area contributed by atoms with Crippen LogP contribution < -0.4 is 5.32 Å². The lowest BCUT2D eigenvalue weighted by Gasteiger charge is -2.54. The maximum absolute atomic E-state index is 13.7. The van der Waals surface area contributed by atoms with E-state index in [1.165, 1.54) is 6.07 Å². The van der Waals surface area contributed by atoms with Crippen LogP contribution in [0.1, 0.15) is 24.0 Å². The van der Waals surface area contributed by atoms with E-state index in [1.54, 1.807) is 0 Å². The van der Waals surface area contributed by atoms with Gasteiger partial charge < -0.3 is 5.32 Å². The molecule has 1 nitrogen and oxygen atoms in total. The molecular weight excluding hydrogens is 258 g/mol. The summed E-state index contributed by atoms with van der Waals surface area (Å²) in [6, 6.07) is 2.86. The molecule has 1 heterocycles. The minimum absolute atomic E-state index is 0.403. The second kappa shape index (κ2) is 4.20. The predicted molar refractivity (Wildman–Crippen MR) is 63.1 cm³/mol. The smallest absolute Gasteiger partial charge is 0.316 e. The molecular formula is C14H15F4N. The summed E-state index contributed by atoms with van der Waals surface area (Å²) >= 11 is 0. The molecule has 1 aromatic carbocycles. The van der Waals surface area contributed by atoms with Crippen LogP contribution in [0.15, 0.2) is 18.2 Å². The van der Waals surface area contributed by atoms with E-state index < -0.39 is 17.6 Å². The highest BCUT2D eigenvalue weighted by Gasteiger charge is 2.48. The summed E-state index contributed by atoms with van der Waals surface area (Å²) in [4.78, 5) is 0.